The summed E-state index contributed by atoms with van der Waals surface area (Å²) in [6.07, 6.45) is 3.35. The van der Waals surface area contributed by atoms with Crippen molar-refractivity contribution in [2.45, 2.75) is 33.1 Å². The van der Waals surface area contributed by atoms with E-state index in [9.17, 15) is 0 Å². The van der Waals surface area contributed by atoms with Gasteiger partial charge in [0.1, 0.15) is 0 Å². The molecule has 3 heteroatoms. The predicted molar refractivity (Wildman–Crippen MR) is 125 cm³/mol. The first-order valence-corrected chi connectivity index (χ1v) is 16.4. The van der Waals surface area contributed by atoms with Gasteiger partial charge in [-0.15, -0.1) is 34.5 Å². The Morgan fingerprint density at radius 3 is 2.14 bits per heavy atom. The Morgan fingerprint density at radius 1 is 0.828 bits per heavy atom. The van der Waals surface area contributed by atoms with Crippen molar-refractivity contribution < 1.29 is 20.8 Å². The van der Waals surface area contributed by atoms with E-state index in [-0.39, 0.29) is 0 Å². The van der Waals surface area contributed by atoms with Gasteiger partial charge in [-0.1, -0.05) is 86.0 Å². The molecule has 0 aliphatic carbocycles. The summed E-state index contributed by atoms with van der Waals surface area (Å²) in [6.45, 7) is 4.50. The topological polar surface area (TPSA) is 0 Å². The fraction of sp³-hybridized carbons (Fsp3) is 0.192. The number of fused-ring (bicyclic) bond motifs is 1. The number of benzene rings is 3. The molecule has 0 radical (unpaired) electrons. The summed E-state index contributed by atoms with van der Waals surface area (Å²) in [7, 11) is 9.87. The van der Waals surface area contributed by atoms with Gasteiger partial charge in [0.15, 0.2) is 0 Å². The van der Waals surface area contributed by atoms with E-state index in [1.165, 1.54) is 44.2 Å². The predicted octanol–water partition coefficient (Wildman–Crippen LogP) is 8.78. The zero-order valence-corrected chi connectivity index (χ0v) is 20.9. The molecule has 0 nitrogen and oxygen atoms in total. The average molecular weight is 500 g/mol. The molecule has 0 fully saturated rings. The quantitative estimate of drug-likeness (QED) is 0.241. The molecule has 148 valence electrons. The first-order chi connectivity index (χ1) is 14.2. The number of rotatable bonds is 5. The van der Waals surface area contributed by atoms with Crippen molar-refractivity contribution in [3.05, 3.63) is 90.0 Å². The van der Waals surface area contributed by atoms with E-state index in [0.717, 1.165) is 19.3 Å². The normalized spacial score (nSPS) is 10.5. The number of hydrogen-bond acceptors (Lipinski definition) is 0. The van der Waals surface area contributed by atoms with E-state index in [0.29, 0.717) is 0 Å². The van der Waals surface area contributed by atoms with Crippen molar-refractivity contribution in [1.82, 2.24) is 0 Å². The molecule has 0 saturated carbocycles. The van der Waals surface area contributed by atoms with E-state index < -0.39 is 20.8 Å². The molecule has 29 heavy (non-hydrogen) atoms. The fourth-order valence-corrected chi connectivity index (χ4v) is 3.96. The van der Waals surface area contributed by atoms with Gasteiger partial charge >= 0.3 is 37.9 Å². The van der Waals surface area contributed by atoms with Crippen LogP contribution in [0.3, 0.4) is 0 Å². The van der Waals surface area contributed by atoms with Gasteiger partial charge in [-0.3, -0.25) is 0 Å². The van der Waals surface area contributed by atoms with Crippen LogP contribution in [0.1, 0.15) is 31.4 Å². The standard InChI is InChI=1S/C26H25.2ClH.Zr/c1-3-10-21-15-16-22-17-19(4-2)18-25(22)26(21)24-14-9-8-13-23(24)20-11-6-5-7-12-20;;;/h5-9,11-18H,3-4,10H2,1-2H3;2*1H;/q-1;;;+2/p-2. The van der Waals surface area contributed by atoms with Crippen LogP contribution in [-0.2, 0) is 33.7 Å². The number of halogens is 2. The van der Waals surface area contributed by atoms with Gasteiger partial charge in [0.2, 0.25) is 0 Å². The van der Waals surface area contributed by atoms with Crippen LogP contribution in [0.2, 0.25) is 0 Å². The Balaban J connectivity index is 0.000000755. The van der Waals surface area contributed by atoms with Crippen LogP contribution in [0.25, 0.3) is 33.0 Å². The molecule has 0 aliphatic rings. The Bertz CT molecular complexity index is 1050. The minimum atomic E-state index is -0.826. The fourth-order valence-electron chi connectivity index (χ4n) is 3.96. The van der Waals surface area contributed by atoms with Gasteiger partial charge in [-0.05, 0) is 29.5 Å². The first-order valence-electron chi connectivity index (χ1n) is 10.1. The van der Waals surface area contributed by atoms with Crippen molar-refractivity contribution in [1.29, 1.82) is 0 Å². The maximum atomic E-state index is 4.93. The third kappa shape index (κ3) is 5.26. The molecule has 0 aliphatic heterocycles. The molecule has 0 spiro atoms. The third-order valence-corrected chi connectivity index (χ3v) is 5.24. The molecule has 0 bridgehead atoms. The molecule has 4 aromatic carbocycles. The van der Waals surface area contributed by atoms with Crippen LogP contribution in [0.4, 0.5) is 0 Å². The van der Waals surface area contributed by atoms with E-state index in [4.69, 9.17) is 17.0 Å². The summed E-state index contributed by atoms with van der Waals surface area (Å²) in [5, 5.41) is 2.76. The van der Waals surface area contributed by atoms with Gasteiger partial charge in [0, 0.05) is 0 Å². The molecule has 0 aromatic heterocycles. The second-order valence-corrected chi connectivity index (χ2v) is 10.8. The van der Waals surface area contributed by atoms with Crippen LogP contribution in [0, 0.1) is 0 Å². The monoisotopic (exact) mass is 497 g/mol. The van der Waals surface area contributed by atoms with Gasteiger partial charge in [-0.2, -0.15) is 6.07 Å². The van der Waals surface area contributed by atoms with Crippen molar-refractivity contribution in [3.63, 3.8) is 0 Å². The average Bonchev–Trinajstić information content (AvgIpc) is 3.19. The summed E-state index contributed by atoms with van der Waals surface area (Å²) >= 11 is -0.826. The van der Waals surface area contributed by atoms with Gasteiger partial charge in [0.25, 0.3) is 0 Å². The second kappa shape index (κ2) is 11.2. The molecule has 4 rings (SSSR count). The Kier molecular flexibility index (Phi) is 8.67. The van der Waals surface area contributed by atoms with Crippen molar-refractivity contribution >= 4 is 27.8 Å². The van der Waals surface area contributed by atoms with Crippen LogP contribution in [0.15, 0.2) is 78.9 Å². The van der Waals surface area contributed by atoms with Gasteiger partial charge < -0.3 is 0 Å². The summed E-state index contributed by atoms with van der Waals surface area (Å²) in [4.78, 5) is 0. The van der Waals surface area contributed by atoms with Gasteiger partial charge in [-0.25, -0.2) is 0 Å². The Labute approximate surface area is 192 Å². The number of aryl methyl sites for hydroxylation is 2. The molecule has 0 amide bonds. The maximum absolute atomic E-state index is 4.93. The molecule has 0 unspecified atom stereocenters. The van der Waals surface area contributed by atoms with E-state index in [1.54, 1.807) is 0 Å². The third-order valence-electron chi connectivity index (χ3n) is 5.24. The molecule has 4 aromatic rings. The van der Waals surface area contributed by atoms with Crippen molar-refractivity contribution in [2.24, 2.45) is 0 Å². The van der Waals surface area contributed by atoms with E-state index in [2.05, 4.69) is 92.7 Å². The first kappa shape index (κ1) is 22.4. The minimum absolute atomic E-state index is 0.826. The molecule has 0 atom stereocenters. The molecular formula is C26H25Cl2Zr-. The zero-order chi connectivity index (χ0) is 20.6. The number of hydrogen-bond donors (Lipinski definition) is 0. The van der Waals surface area contributed by atoms with Gasteiger partial charge in [0.05, 0.1) is 0 Å². The molecule has 0 saturated heterocycles. The summed E-state index contributed by atoms with van der Waals surface area (Å²) in [6, 6.07) is 29.0. The summed E-state index contributed by atoms with van der Waals surface area (Å²) in [5.41, 5.74) is 8.25. The van der Waals surface area contributed by atoms with Crippen LogP contribution in [-0.4, -0.2) is 0 Å². The summed E-state index contributed by atoms with van der Waals surface area (Å²) in [5.74, 6) is 0. The van der Waals surface area contributed by atoms with Crippen LogP contribution < -0.4 is 0 Å². The second-order valence-electron chi connectivity index (χ2n) is 7.05. The van der Waals surface area contributed by atoms with Crippen LogP contribution in [0.5, 0.6) is 0 Å². The van der Waals surface area contributed by atoms with Crippen molar-refractivity contribution in [2.75, 3.05) is 0 Å². The Hall–Kier alpha value is -1.27. The summed E-state index contributed by atoms with van der Waals surface area (Å²) < 4.78 is 0. The molecule has 0 N–H and O–H groups in total. The van der Waals surface area contributed by atoms with Crippen LogP contribution >= 0.6 is 17.0 Å². The molecular weight excluding hydrogens is 474 g/mol. The van der Waals surface area contributed by atoms with E-state index in [1.807, 2.05) is 0 Å². The molecule has 0 heterocycles. The van der Waals surface area contributed by atoms with Crippen molar-refractivity contribution in [3.8, 4) is 22.3 Å². The van der Waals surface area contributed by atoms with E-state index >= 15 is 0 Å². The SMILES string of the molecule is CCCc1ccc2[cH-]c(CC)cc2c1-c1ccccc1-c1ccccc1.[Cl][Zr][Cl]. The Morgan fingerprint density at radius 2 is 1.48 bits per heavy atom. The zero-order valence-electron chi connectivity index (χ0n) is 16.9.